The maximum atomic E-state index is 12.7. The molecule has 124 valence electrons. The van der Waals surface area contributed by atoms with Gasteiger partial charge in [-0.25, -0.2) is 4.98 Å². The van der Waals surface area contributed by atoms with E-state index in [0.29, 0.717) is 24.5 Å². The van der Waals surface area contributed by atoms with Crippen LogP contribution in [-0.4, -0.2) is 29.0 Å². The molecule has 0 fully saturated rings. The number of nitrogens with two attached hydrogens (primary N) is 1. The summed E-state index contributed by atoms with van der Waals surface area (Å²) in [5, 5.41) is 3.01. The third-order valence-corrected chi connectivity index (χ3v) is 3.52. The summed E-state index contributed by atoms with van der Waals surface area (Å²) in [4.78, 5) is 20.1. The zero-order chi connectivity index (χ0) is 16.8. The van der Waals surface area contributed by atoms with Crippen LogP contribution in [-0.2, 0) is 0 Å². The molecule has 0 aliphatic carbocycles. The summed E-state index contributed by atoms with van der Waals surface area (Å²) < 4.78 is 5.58. The van der Waals surface area contributed by atoms with Crippen LogP contribution in [0.5, 0.6) is 5.75 Å². The van der Waals surface area contributed by atoms with Gasteiger partial charge in [0.05, 0.1) is 11.6 Å². The molecule has 6 nitrogen and oxygen atoms in total. The number of aromatic amines is 1. The van der Waals surface area contributed by atoms with Crippen LogP contribution >= 0.6 is 0 Å². The smallest absolute Gasteiger partial charge is 0.255 e. The molecule has 23 heavy (non-hydrogen) atoms. The number of carbonyl (C=O) groups is 1. The maximum absolute atomic E-state index is 12.7. The predicted octanol–water partition coefficient (Wildman–Crippen LogP) is 2.25. The number of aromatic nitrogens is 2. The topological polar surface area (TPSA) is 93.0 Å². The Hall–Kier alpha value is -2.34. The average molecular weight is 316 g/mol. The Morgan fingerprint density at radius 3 is 2.83 bits per heavy atom. The van der Waals surface area contributed by atoms with Crippen LogP contribution in [0.3, 0.4) is 0 Å². The minimum absolute atomic E-state index is 0.168. The van der Waals surface area contributed by atoms with E-state index in [1.165, 1.54) is 0 Å². The van der Waals surface area contributed by atoms with Crippen molar-refractivity contribution in [3.05, 3.63) is 47.0 Å². The van der Waals surface area contributed by atoms with Crippen LogP contribution in [0.4, 0.5) is 0 Å². The maximum Gasteiger partial charge on any atom is 0.255 e. The molecule has 0 aliphatic rings. The fourth-order valence-electron chi connectivity index (χ4n) is 2.33. The highest BCUT2D eigenvalue weighted by atomic mass is 16.5. The fourth-order valence-corrected chi connectivity index (χ4v) is 2.33. The first kappa shape index (κ1) is 17.0. The van der Waals surface area contributed by atoms with Crippen molar-refractivity contribution in [2.24, 2.45) is 5.73 Å². The van der Waals surface area contributed by atoms with Crippen molar-refractivity contribution in [1.82, 2.24) is 15.3 Å². The summed E-state index contributed by atoms with van der Waals surface area (Å²) in [5.74, 6) is 1.13. The Kier molecular flexibility index (Phi) is 5.76. The van der Waals surface area contributed by atoms with Gasteiger partial charge in [0, 0.05) is 18.4 Å². The highest BCUT2D eigenvalue weighted by molar-refractivity contribution is 5.97. The molecule has 0 aliphatic heterocycles. The second-order valence-electron chi connectivity index (χ2n) is 5.52. The lowest BCUT2D eigenvalue weighted by molar-refractivity contribution is 0.0929. The van der Waals surface area contributed by atoms with E-state index < -0.39 is 0 Å². The van der Waals surface area contributed by atoms with Crippen molar-refractivity contribution in [2.45, 2.75) is 33.2 Å². The summed E-state index contributed by atoms with van der Waals surface area (Å²) in [6.07, 6.45) is 2.50. The van der Waals surface area contributed by atoms with Crippen molar-refractivity contribution in [3.63, 3.8) is 0 Å². The molecule has 1 amide bonds. The van der Waals surface area contributed by atoms with Gasteiger partial charge >= 0.3 is 0 Å². The highest BCUT2D eigenvalue weighted by Gasteiger charge is 2.19. The molecule has 1 aromatic heterocycles. The van der Waals surface area contributed by atoms with Gasteiger partial charge in [0.2, 0.25) is 0 Å². The molecule has 0 spiro atoms. The molecule has 4 N–H and O–H groups in total. The second kappa shape index (κ2) is 7.78. The molecule has 1 aromatic carbocycles. The lowest BCUT2D eigenvalue weighted by Crippen LogP contribution is -2.29. The number of H-pyrrole nitrogens is 1. The third-order valence-electron chi connectivity index (χ3n) is 3.52. The lowest BCUT2D eigenvalue weighted by Gasteiger charge is -2.17. The van der Waals surface area contributed by atoms with Crippen molar-refractivity contribution < 1.29 is 9.53 Å². The summed E-state index contributed by atoms with van der Waals surface area (Å²) >= 11 is 0. The van der Waals surface area contributed by atoms with Gasteiger partial charge in [-0.1, -0.05) is 18.6 Å². The molecule has 0 saturated heterocycles. The van der Waals surface area contributed by atoms with Gasteiger partial charge in [0.15, 0.2) is 0 Å². The summed E-state index contributed by atoms with van der Waals surface area (Å²) in [5.41, 5.74) is 7.95. The number of hydrogen-bond acceptors (Lipinski definition) is 4. The van der Waals surface area contributed by atoms with Crippen LogP contribution in [0.15, 0.2) is 24.4 Å². The van der Waals surface area contributed by atoms with Gasteiger partial charge in [-0.05, 0) is 32.4 Å². The zero-order valence-corrected chi connectivity index (χ0v) is 13.8. The van der Waals surface area contributed by atoms with Crippen LogP contribution in [0.2, 0.25) is 0 Å². The molecule has 2 aromatic rings. The first-order valence-corrected chi connectivity index (χ1v) is 7.81. The van der Waals surface area contributed by atoms with Crippen molar-refractivity contribution in [1.29, 1.82) is 0 Å². The van der Waals surface area contributed by atoms with E-state index in [4.69, 9.17) is 10.5 Å². The molecule has 2 rings (SSSR count). The Balaban J connectivity index is 2.20. The van der Waals surface area contributed by atoms with E-state index in [1.807, 2.05) is 32.9 Å². The molecule has 0 saturated carbocycles. The fraction of sp³-hybridized carbons (Fsp3) is 0.412. The summed E-state index contributed by atoms with van der Waals surface area (Å²) in [6.45, 7) is 6.65. The number of carbonyl (C=O) groups excluding carboxylic acids is 1. The summed E-state index contributed by atoms with van der Waals surface area (Å²) in [7, 11) is 0. The van der Waals surface area contributed by atoms with Gasteiger partial charge in [-0.15, -0.1) is 0 Å². The van der Waals surface area contributed by atoms with Crippen molar-refractivity contribution >= 4 is 5.91 Å². The van der Waals surface area contributed by atoms with Crippen molar-refractivity contribution in [3.8, 4) is 5.75 Å². The minimum atomic E-state index is -0.179. The molecule has 0 unspecified atom stereocenters. The normalized spacial score (nSPS) is 12.0. The predicted molar refractivity (Wildman–Crippen MR) is 89.6 cm³/mol. The van der Waals surface area contributed by atoms with E-state index in [0.717, 1.165) is 23.5 Å². The largest absolute Gasteiger partial charge is 0.491 e. The van der Waals surface area contributed by atoms with Crippen molar-refractivity contribution in [2.75, 3.05) is 13.2 Å². The first-order chi connectivity index (χ1) is 11.0. The van der Waals surface area contributed by atoms with Crippen LogP contribution < -0.4 is 15.8 Å². The van der Waals surface area contributed by atoms with Gasteiger partial charge in [0.25, 0.3) is 5.91 Å². The van der Waals surface area contributed by atoms with Crippen LogP contribution in [0.25, 0.3) is 0 Å². The minimum Gasteiger partial charge on any atom is -0.491 e. The quantitative estimate of drug-likeness (QED) is 0.730. The van der Waals surface area contributed by atoms with Crippen LogP contribution in [0, 0.1) is 13.8 Å². The molecule has 0 radical (unpaired) electrons. The number of nitrogens with zero attached hydrogens (tertiary/aromatic N) is 1. The number of amides is 1. The Morgan fingerprint density at radius 1 is 1.43 bits per heavy atom. The van der Waals surface area contributed by atoms with Gasteiger partial charge in [-0.3, -0.25) is 4.79 Å². The molecule has 6 heteroatoms. The number of nitrogens with one attached hydrogen (secondary N) is 2. The highest BCUT2D eigenvalue weighted by Crippen LogP contribution is 2.22. The SMILES string of the molecule is CC[C@H](NC(=O)c1cc(C)ccc1OCCN)c1ncc(C)[nH]1. The Morgan fingerprint density at radius 2 is 2.22 bits per heavy atom. The lowest BCUT2D eigenvalue weighted by atomic mass is 10.1. The molecular formula is C17H24N4O2. The van der Waals surface area contributed by atoms with Gasteiger partial charge in [-0.2, -0.15) is 0 Å². The Labute approximate surface area is 136 Å². The van der Waals surface area contributed by atoms with E-state index in [-0.39, 0.29) is 11.9 Å². The monoisotopic (exact) mass is 316 g/mol. The third kappa shape index (κ3) is 4.32. The standard InChI is InChI=1S/C17H24N4O2/c1-4-14(16-19-10-12(3)20-16)21-17(22)13-9-11(2)5-6-15(13)23-8-7-18/h5-6,9-10,14H,4,7-8,18H2,1-3H3,(H,19,20)(H,21,22)/t14-/m0/s1. The number of imidazole rings is 1. The average Bonchev–Trinajstić information content (AvgIpc) is 2.97. The van der Waals surface area contributed by atoms with Crippen LogP contribution in [0.1, 0.15) is 46.8 Å². The molecule has 1 atom stereocenters. The van der Waals surface area contributed by atoms with E-state index >= 15 is 0 Å². The second-order valence-corrected chi connectivity index (χ2v) is 5.52. The first-order valence-electron chi connectivity index (χ1n) is 7.81. The number of benzene rings is 1. The van der Waals surface area contributed by atoms with Gasteiger partial charge in [0.1, 0.15) is 18.2 Å². The zero-order valence-electron chi connectivity index (χ0n) is 13.8. The molecule has 1 heterocycles. The number of ether oxygens (including phenoxy) is 1. The number of hydrogen-bond donors (Lipinski definition) is 3. The number of rotatable bonds is 7. The molecule has 0 bridgehead atoms. The van der Waals surface area contributed by atoms with E-state index in [9.17, 15) is 4.79 Å². The van der Waals surface area contributed by atoms with Gasteiger partial charge < -0.3 is 20.8 Å². The number of aryl methyl sites for hydroxylation is 2. The summed E-state index contributed by atoms with van der Waals surface area (Å²) in [6, 6.07) is 5.37. The van der Waals surface area contributed by atoms with E-state index in [2.05, 4.69) is 15.3 Å². The van der Waals surface area contributed by atoms with E-state index in [1.54, 1.807) is 12.3 Å². The Bertz CT molecular complexity index is 666. The molecular weight excluding hydrogens is 292 g/mol.